The number of hydrogen-bond donors (Lipinski definition) is 0. The maximum absolute atomic E-state index is 12.6. The summed E-state index contributed by atoms with van der Waals surface area (Å²) in [6.07, 6.45) is 0. The molecule has 22 heavy (non-hydrogen) atoms. The molecule has 0 fully saturated rings. The number of ether oxygens (including phenoxy) is 2. The molecule has 0 aromatic heterocycles. The van der Waals surface area contributed by atoms with E-state index in [4.69, 9.17) is 9.47 Å². The van der Waals surface area contributed by atoms with E-state index in [1.807, 2.05) is 49.4 Å². The summed E-state index contributed by atoms with van der Waals surface area (Å²) in [5.41, 5.74) is 1.70. The highest BCUT2D eigenvalue weighted by molar-refractivity contribution is 5.94. The summed E-state index contributed by atoms with van der Waals surface area (Å²) in [6.45, 7) is 3.18. The number of rotatable bonds is 6. The molecule has 2 rings (SSSR count). The minimum absolute atomic E-state index is 0.00258. The third-order valence-corrected chi connectivity index (χ3v) is 3.52. The molecule has 0 aliphatic heterocycles. The van der Waals surface area contributed by atoms with Gasteiger partial charge in [-0.15, -0.1) is 0 Å². The van der Waals surface area contributed by atoms with Crippen LogP contribution < -0.4 is 9.47 Å². The Hall–Kier alpha value is -2.49. The van der Waals surface area contributed by atoms with Crippen LogP contribution in [0.15, 0.2) is 48.5 Å². The van der Waals surface area contributed by atoms with Crippen molar-refractivity contribution in [2.24, 2.45) is 0 Å². The molecule has 4 nitrogen and oxygen atoms in total. The second-order valence-corrected chi connectivity index (χ2v) is 4.90. The predicted octanol–water partition coefficient (Wildman–Crippen LogP) is 3.37. The lowest BCUT2D eigenvalue weighted by molar-refractivity contribution is 0.0752. The first-order valence-corrected chi connectivity index (χ1v) is 7.24. The van der Waals surface area contributed by atoms with Gasteiger partial charge in [-0.3, -0.25) is 4.79 Å². The van der Waals surface area contributed by atoms with Gasteiger partial charge in [0.25, 0.3) is 5.91 Å². The lowest BCUT2D eigenvalue weighted by atomic mass is 10.1. The van der Waals surface area contributed by atoms with Crippen LogP contribution in [0.25, 0.3) is 0 Å². The van der Waals surface area contributed by atoms with E-state index in [2.05, 4.69) is 0 Å². The topological polar surface area (TPSA) is 38.8 Å². The summed E-state index contributed by atoms with van der Waals surface area (Å²) in [4.78, 5) is 14.4. The van der Waals surface area contributed by atoms with E-state index in [1.54, 1.807) is 25.2 Å². The van der Waals surface area contributed by atoms with Crippen LogP contribution in [-0.4, -0.2) is 31.6 Å². The van der Waals surface area contributed by atoms with Gasteiger partial charge in [-0.2, -0.15) is 0 Å². The van der Waals surface area contributed by atoms with Crippen molar-refractivity contribution >= 4 is 5.91 Å². The summed E-state index contributed by atoms with van der Waals surface area (Å²) in [5, 5.41) is 0. The molecular weight excluding hydrogens is 278 g/mol. The lowest BCUT2D eigenvalue weighted by Gasteiger charge is -2.21. The number of carbonyl (C=O) groups excluding carboxylic acids is 1. The monoisotopic (exact) mass is 299 g/mol. The van der Waals surface area contributed by atoms with Gasteiger partial charge in [0.2, 0.25) is 0 Å². The van der Waals surface area contributed by atoms with Crippen molar-refractivity contribution in [1.29, 1.82) is 0 Å². The van der Waals surface area contributed by atoms with Crippen LogP contribution in [0, 0.1) is 0 Å². The molecule has 1 amide bonds. The lowest BCUT2D eigenvalue weighted by Crippen LogP contribution is -2.30. The Kier molecular flexibility index (Phi) is 5.42. The molecule has 0 aliphatic rings. The minimum Gasteiger partial charge on any atom is -0.497 e. The Morgan fingerprint density at radius 3 is 2.27 bits per heavy atom. The Morgan fingerprint density at radius 1 is 1.00 bits per heavy atom. The van der Waals surface area contributed by atoms with E-state index in [-0.39, 0.29) is 5.91 Å². The smallest absolute Gasteiger partial charge is 0.254 e. The van der Waals surface area contributed by atoms with Gasteiger partial charge in [-0.1, -0.05) is 18.2 Å². The third kappa shape index (κ3) is 3.79. The molecular formula is C18H21NO3. The van der Waals surface area contributed by atoms with Gasteiger partial charge in [-0.05, 0) is 42.8 Å². The van der Waals surface area contributed by atoms with Crippen LogP contribution in [-0.2, 0) is 6.54 Å². The van der Waals surface area contributed by atoms with Gasteiger partial charge >= 0.3 is 0 Å². The van der Waals surface area contributed by atoms with Crippen molar-refractivity contribution in [2.75, 3.05) is 20.8 Å². The molecule has 0 atom stereocenters. The first-order chi connectivity index (χ1) is 10.7. The molecule has 2 aromatic rings. The molecule has 116 valence electrons. The summed E-state index contributed by atoms with van der Waals surface area (Å²) in [7, 11) is 3.23. The van der Waals surface area contributed by atoms with Crippen molar-refractivity contribution in [3.63, 3.8) is 0 Å². The fourth-order valence-corrected chi connectivity index (χ4v) is 2.22. The van der Waals surface area contributed by atoms with E-state index in [0.717, 1.165) is 11.3 Å². The van der Waals surface area contributed by atoms with Crippen LogP contribution >= 0.6 is 0 Å². The van der Waals surface area contributed by atoms with Crippen LogP contribution in [0.2, 0.25) is 0 Å². The fourth-order valence-electron chi connectivity index (χ4n) is 2.22. The second-order valence-electron chi connectivity index (χ2n) is 4.90. The largest absolute Gasteiger partial charge is 0.497 e. The summed E-state index contributed by atoms with van der Waals surface area (Å²) < 4.78 is 10.3. The van der Waals surface area contributed by atoms with Crippen LogP contribution in [0.4, 0.5) is 0 Å². The van der Waals surface area contributed by atoms with Gasteiger partial charge in [0.1, 0.15) is 11.5 Å². The number of nitrogens with zero attached hydrogens (tertiary/aromatic N) is 1. The fraction of sp³-hybridized carbons (Fsp3) is 0.278. The molecule has 0 unspecified atom stereocenters. The molecule has 0 spiro atoms. The van der Waals surface area contributed by atoms with Crippen molar-refractivity contribution in [3.8, 4) is 11.5 Å². The summed E-state index contributed by atoms with van der Waals surface area (Å²) >= 11 is 0. The maximum Gasteiger partial charge on any atom is 0.254 e. The third-order valence-electron chi connectivity index (χ3n) is 3.52. The average molecular weight is 299 g/mol. The van der Waals surface area contributed by atoms with Gasteiger partial charge in [0, 0.05) is 18.7 Å². The number of amides is 1. The van der Waals surface area contributed by atoms with Crippen molar-refractivity contribution in [3.05, 3.63) is 59.7 Å². The first kappa shape index (κ1) is 15.9. The number of carbonyl (C=O) groups is 1. The van der Waals surface area contributed by atoms with Crippen molar-refractivity contribution in [2.45, 2.75) is 13.5 Å². The zero-order chi connectivity index (χ0) is 15.9. The Morgan fingerprint density at radius 2 is 1.68 bits per heavy atom. The zero-order valence-electron chi connectivity index (χ0n) is 13.2. The minimum atomic E-state index is -0.00258. The Bertz CT molecular complexity index is 622. The van der Waals surface area contributed by atoms with Crippen molar-refractivity contribution in [1.82, 2.24) is 4.90 Å². The van der Waals surface area contributed by atoms with Crippen LogP contribution in [0.3, 0.4) is 0 Å². The molecule has 0 saturated carbocycles. The standard InChI is InChI=1S/C18H21NO3/c1-4-19(13-14-8-10-16(21-2)11-9-14)18(20)15-6-5-7-17(12-15)22-3/h5-12H,4,13H2,1-3H3. The number of benzene rings is 2. The molecule has 0 aliphatic carbocycles. The second kappa shape index (κ2) is 7.50. The highest BCUT2D eigenvalue weighted by Crippen LogP contribution is 2.17. The highest BCUT2D eigenvalue weighted by atomic mass is 16.5. The van der Waals surface area contributed by atoms with E-state index in [1.165, 1.54) is 0 Å². The van der Waals surface area contributed by atoms with E-state index in [9.17, 15) is 4.79 Å². The Balaban J connectivity index is 2.13. The Labute approximate surface area is 131 Å². The highest BCUT2D eigenvalue weighted by Gasteiger charge is 2.15. The predicted molar refractivity (Wildman–Crippen MR) is 86.4 cm³/mol. The van der Waals surface area contributed by atoms with Crippen molar-refractivity contribution < 1.29 is 14.3 Å². The maximum atomic E-state index is 12.6. The van der Waals surface area contributed by atoms with E-state index < -0.39 is 0 Å². The molecule has 4 heteroatoms. The molecule has 0 N–H and O–H groups in total. The molecule has 0 heterocycles. The van der Waals surface area contributed by atoms with Gasteiger partial charge < -0.3 is 14.4 Å². The average Bonchev–Trinajstić information content (AvgIpc) is 2.59. The molecule has 0 saturated heterocycles. The van der Waals surface area contributed by atoms with E-state index >= 15 is 0 Å². The summed E-state index contributed by atoms with van der Waals surface area (Å²) in [5.74, 6) is 1.49. The van der Waals surface area contributed by atoms with Gasteiger partial charge in [0.15, 0.2) is 0 Å². The molecule has 2 aromatic carbocycles. The quantitative estimate of drug-likeness (QED) is 0.821. The van der Waals surface area contributed by atoms with Gasteiger partial charge in [0.05, 0.1) is 14.2 Å². The van der Waals surface area contributed by atoms with E-state index in [0.29, 0.717) is 24.4 Å². The van der Waals surface area contributed by atoms with Crippen LogP contribution in [0.1, 0.15) is 22.8 Å². The molecule has 0 radical (unpaired) electrons. The normalized spacial score (nSPS) is 10.1. The zero-order valence-corrected chi connectivity index (χ0v) is 13.2. The first-order valence-electron chi connectivity index (χ1n) is 7.24. The number of hydrogen-bond acceptors (Lipinski definition) is 3. The number of methoxy groups -OCH3 is 2. The SMILES string of the molecule is CCN(Cc1ccc(OC)cc1)C(=O)c1cccc(OC)c1. The summed E-state index contributed by atoms with van der Waals surface area (Å²) in [6, 6.07) is 15.0. The van der Waals surface area contributed by atoms with Gasteiger partial charge in [-0.25, -0.2) is 0 Å². The van der Waals surface area contributed by atoms with Crippen LogP contribution in [0.5, 0.6) is 11.5 Å². The molecule has 0 bridgehead atoms.